The number of rotatable bonds is 3. The minimum Gasteiger partial charge on any atom is -0.497 e. The first-order valence-corrected chi connectivity index (χ1v) is 10.8. The fourth-order valence-electron chi connectivity index (χ4n) is 4.79. The Morgan fingerprint density at radius 2 is 1.34 bits per heavy atom. The third kappa shape index (κ3) is 2.80. The van der Waals surface area contributed by atoms with Crippen molar-refractivity contribution in [2.75, 3.05) is 7.11 Å². The van der Waals surface area contributed by atoms with Gasteiger partial charge in [-0.2, -0.15) is 0 Å². The fourth-order valence-corrected chi connectivity index (χ4v) is 4.79. The molecule has 154 valence electrons. The van der Waals surface area contributed by atoms with Crippen LogP contribution in [0.4, 0.5) is 0 Å². The molecular weight excluding hydrogens is 392 g/mol. The molecule has 1 atom stereocenters. The number of benzene rings is 5. The van der Waals surface area contributed by atoms with E-state index in [1.165, 1.54) is 21.5 Å². The van der Waals surface area contributed by atoms with Gasteiger partial charge in [0.1, 0.15) is 11.5 Å². The molecule has 32 heavy (non-hydrogen) atoms. The smallest absolute Gasteiger partial charge is 0.178 e. The lowest BCUT2D eigenvalue weighted by atomic mass is 9.81. The maximum atomic E-state index is 6.95. The summed E-state index contributed by atoms with van der Waals surface area (Å²) >= 11 is 0. The van der Waals surface area contributed by atoms with Crippen LogP contribution in [0.1, 0.15) is 16.7 Å². The van der Waals surface area contributed by atoms with Crippen molar-refractivity contribution in [2.24, 2.45) is 0 Å². The first-order chi connectivity index (χ1) is 15.8. The molecule has 1 aliphatic rings. The highest BCUT2D eigenvalue weighted by Crippen LogP contribution is 2.46. The maximum Gasteiger partial charge on any atom is 0.178 e. The molecule has 1 heterocycles. The Morgan fingerprint density at radius 3 is 2.12 bits per heavy atom. The van der Waals surface area contributed by atoms with Gasteiger partial charge in [0.25, 0.3) is 0 Å². The van der Waals surface area contributed by atoms with Crippen LogP contribution in [0.2, 0.25) is 0 Å². The van der Waals surface area contributed by atoms with Crippen LogP contribution in [0, 0.1) is 0 Å². The number of hydrogen-bond acceptors (Lipinski definition) is 2. The Balaban J connectivity index is 1.63. The maximum absolute atomic E-state index is 6.95. The molecule has 6 rings (SSSR count). The van der Waals surface area contributed by atoms with Gasteiger partial charge in [0.15, 0.2) is 5.60 Å². The van der Waals surface area contributed by atoms with Gasteiger partial charge in [-0.05, 0) is 51.9 Å². The lowest BCUT2D eigenvalue weighted by molar-refractivity contribution is 0.163. The SMILES string of the molecule is COc1ccc(C2(c3cccc4ccccc34)C=Cc3c(ccc4ccccc34)O2)cc1. The van der Waals surface area contributed by atoms with Crippen LogP contribution in [-0.2, 0) is 5.60 Å². The van der Waals surface area contributed by atoms with Crippen molar-refractivity contribution in [3.05, 3.63) is 126 Å². The molecular formula is C30H22O2. The van der Waals surface area contributed by atoms with Crippen LogP contribution in [0.5, 0.6) is 11.5 Å². The van der Waals surface area contributed by atoms with Gasteiger partial charge in [-0.25, -0.2) is 0 Å². The third-order valence-electron chi connectivity index (χ3n) is 6.39. The van der Waals surface area contributed by atoms with Crippen LogP contribution in [-0.4, -0.2) is 7.11 Å². The minimum atomic E-state index is -0.747. The van der Waals surface area contributed by atoms with Crippen molar-refractivity contribution < 1.29 is 9.47 Å². The Bertz CT molecular complexity index is 1480. The van der Waals surface area contributed by atoms with Crippen LogP contribution in [0.25, 0.3) is 27.6 Å². The molecule has 2 heteroatoms. The highest BCUT2D eigenvalue weighted by molar-refractivity contribution is 5.95. The second-order valence-corrected chi connectivity index (χ2v) is 8.12. The zero-order valence-electron chi connectivity index (χ0n) is 17.8. The van der Waals surface area contributed by atoms with Gasteiger partial charge in [-0.1, -0.05) is 84.9 Å². The van der Waals surface area contributed by atoms with E-state index >= 15 is 0 Å². The molecule has 5 aromatic rings. The van der Waals surface area contributed by atoms with Crippen molar-refractivity contribution in [1.29, 1.82) is 0 Å². The van der Waals surface area contributed by atoms with Gasteiger partial charge in [0.2, 0.25) is 0 Å². The molecule has 0 bridgehead atoms. The standard InChI is InChI=1S/C30H22O2/c1-31-24-16-14-23(15-17-24)30(28-12-6-9-21-7-3-5-11-26(21)28)20-19-27-25-10-4-2-8-22(25)13-18-29(27)32-30/h2-20H,1H3. The molecule has 0 saturated carbocycles. The van der Waals surface area contributed by atoms with E-state index in [1.807, 2.05) is 12.1 Å². The zero-order chi connectivity index (χ0) is 21.5. The van der Waals surface area contributed by atoms with Gasteiger partial charge < -0.3 is 9.47 Å². The number of fused-ring (bicyclic) bond motifs is 4. The molecule has 1 unspecified atom stereocenters. The minimum absolute atomic E-state index is 0.747. The molecule has 0 amide bonds. The summed E-state index contributed by atoms with van der Waals surface area (Å²) in [4.78, 5) is 0. The van der Waals surface area contributed by atoms with E-state index in [4.69, 9.17) is 9.47 Å². The average Bonchev–Trinajstić information content (AvgIpc) is 2.88. The van der Waals surface area contributed by atoms with Crippen LogP contribution in [0.3, 0.4) is 0 Å². The second-order valence-electron chi connectivity index (χ2n) is 8.12. The van der Waals surface area contributed by atoms with E-state index in [9.17, 15) is 0 Å². The first-order valence-electron chi connectivity index (χ1n) is 10.8. The van der Waals surface area contributed by atoms with E-state index in [-0.39, 0.29) is 0 Å². The monoisotopic (exact) mass is 414 g/mol. The largest absolute Gasteiger partial charge is 0.497 e. The van der Waals surface area contributed by atoms with Gasteiger partial charge in [0, 0.05) is 16.7 Å². The molecule has 0 radical (unpaired) electrons. The van der Waals surface area contributed by atoms with Crippen molar-refractivity contribution in [3.63, 3.8) is 0 Å². The Morgan fingerprint density at radius 1 is 0.656 bits per heavy atom. The quantitative estimate of drug-likeness (QED) is 0.307. The number of methoxy groups -OCH3 is 1. The van der Waals surface area contributed by atoms with Crippen molar-refractivity contribution >= 4 is 27.6 Å². The second kappa shape index (κ2) is 7.28. The Labute approximate surface area is 187 Å². The Hall–Kier alpha value is -4.04. The summed E-state index contributed by atoms with van der Waals surface area (Å²) in [5.74, 6) is 1.71. The predicted molar refractivity (Wildman–Crippen MR) is 131 cm³/mol. The zero-order valence-corrected chi connectivity index (χ0v) is 17.8. The van der Waals surface area contributed by atoms with E-state index in [2.05, 4.69) is 103 Å². The average molecular weight is 415 g/mol. The number of hydrogen-bond donors (Lipinski definition) is 0. The topological polar surface area (TPSA) is 18.5 Å². The van der Waals surface area contributed by atoms with Gasteiger partial charge >= 0.3 is 0 Å². The van der Waals surface area contributed by atoms with Gasteiger partial charge in [-0.3, -0.25) is 0 Å². The van der Waals surface area contributed by atoms with Crippen LogP contribution >= 0.6 is 0 Å². The van der Waals surface area contributed by atoms with E-state index < -0.39 is 5.60 Å². The van der Waals surface area contributed by atoms with Crippen molar-refractivity contribution in [3.8, 4) is 11.5 Å². The van der Waals surface area contributed by atoms with Crippen molar-refractivity contribution in [1.82, 2.24) is 0 Å². The Kier molecular flexibility index (Phi) is 4.26. The molecule has 0 N–H and O–H groups in total. The molecule has 0 aromatic heterocycles. The first kappa shape index (κ1) is 18.7. The molecule has 2 nitrogen and oxygen atoms in total. The van der Waals surface area contributed by atoms with Gasteiger partial charge in [0.05, 0.1) is 7.11 Å². The molecule has 0 fully saturated rings. The highest BCUT2D eigenvalue weighted by Gasteiger charge is 2.38. The highest BCUT2D eigenvalue weighted by atomic mass is 16.5. The van der Waals surface area contributed by atoms with E-state index in [1.54, 1.807) is 7.11 Å². The molecule has 1 aliphatic heterocycles. The normalized spacial score (nSPS) is 17.2. The third-order valence-corrected chi connectivity index (χ3v) is 6.39. The molecule has 0 aliphatic carbocycles. The summed E-state index contributed by atoms with van der Waals surface area (Å²) in [6, 6.07) is 35.7. The fraction of sp³-hybridized carbons (Fsp3) is 0.0667. The molecule has 5 aromatic carbocycles. The van der Waals surface area contributed by atoms with E-state index in [0.29, 0.717) is 0 Å². The van der Waals surface area contributed by atoms with Gasteiger partial charge in [-0.15, -0.1) is 0 Å². The summed E-state index contributed by atoms with van der Waals surface area (Å²) in [7, 11) is 1.69. The lowest BCUT2D eigenvalue weighted by Crippen LogP contribution is -2.34. The summed E-state index contributed by atoms with van der Waals surface area (Å²) in [6.45, 7) is 0. The van der Waals surface area contributed by atoms with Crippen molar-refractivity contribution in [2.45, 2.75) is 5.60 Å². The number of ether oxygens (including phenoxy) is 2. The summed E-state index contributed by atoms with van der Waals surface area (Å²) < 4.78 is 12.4. The molecule has 0 saturated heterocycles. The summed E-state index contributed by atoms with van der Waals surface area (Å²) in [6.07, 6.45) is 4.42. The lowest BCUT2D eigenvalue weighted by Gasteiger charge is -2.37. The molecule has 0 spiro atoms. The summed E-state index contributed by atoms with van der Waals surface area (Å²) in [5.41, 5.74) is 2.55. The van der Waals surface area contributed by atoms with Crippen LogP contribution in [0.15, 0.2) is 109 Å². The van der Waals surface area contributed by atoms with E-state index in [0.717, 1.165) is 28.2 Å². The summed E-state index contributed by atoms with van der Waals surface area (Å²) in [5, 5.41) is 4.78. The van der Waals surface area contributed by atoms with Crippen LogP contribution < -0.4 is 9.47 Å². The predicted octanol–water partition coefficient (Wildman–Crippen LogP) is 7.35.